The van der Waals surface area contributed by atoms with E-state index in [4.69, 9.17) is 32.7 Å². The summed E-state index contributed by atoms with van der Waals surface area (Å²) < 4.78 is 9.92. The largest absolute Gasteiger partial charge is 0.462 e. The fourth-order valence-electron chi connectivity index (χ4n) is 1.91. The molecule has 2 aromatic rings. The van der Waals surface area contributed by atoms with Crippen LogP contribution in [-0.2, 0) is 4.74 Å². The lowest BCUT2D eigenvalue weighted by atomic mass is 10.2. The second-order valence-corrected chi connectivity index (χ2v) is 5.52. The molecular formula is C16H11Cl2NO6. The van der Waals surface area contributed by atoms with Crippen molar-refractivity contribution in [2.45, 2.75) is 6.92 Å². The number of nitro groups is 1. The first-order valence-corrected chi connectivity index (χ1v) is 7.72. The van der Waals surface area contributed by atoms with Crippen molar-refractivity contribution in [3.05, 3.63) is 67.7 Å². The molecule has 25 heavy (non-hydrogen) atoms. The summed E-state index contributed by atoms with van der Waals surface area (Å²) in [6.07, 6.45) is 0. The van der Waals surface area contributed by atoms with Gasteiger partial charge in [0.05, 0.1) is 22.1 Å². The molecule has 0 aliphatic heterocycles. The van der Waals surface area contributed by atoms with E-state index in [1.807, 2.05) is 0 Å². The number of rotatable bonds is 5. The first kappa shape index (κ1) is 18.7. The van der Waals surface area contributed by atoms with Gasteiger partial charge in [0.2, 0.25) is 0 Å². The van der Waals surface area contributed by atoms with E-state index in [-0.39, 0.29) is 33.5 Å². The molecule has 2 aromatic carbocycles. The Bertz CT molecular complexity index is 853. The molecule has 0 heterocycles. The van der Waals surface area contributed by atoms with Gasteiger partial charge >= 0.3 is 11.9 Å². The standard InChI is InChI=1S/C16H11Cl2NO6/c1-2-24-15(20)9-3-6-14(12(18)7-9)25-16(21)11-5-4-10(17)8-13(11)19(22)23/h3-8H,2H2,1H3. The minimum atomic E-state index is -0.978. The Balaban J connectivity index is 2.27. The van der Waals surface area contributed by atoms with Crippen LogP contribution in [0.3, 0.4) is 0 Å². The molecule has 0 saturated carbocycles. The number of ether oxygens (including phenoxy) is 2. The summed E-state index contributed by atoms with van der Waals surface area (Å²) >= 11 is 11.7. The van der Waals surface area contributed by atoms with Crippen molar-refractivity contribution in [1.82, 2.24) is 0 Å². The zero-order chi connectivity index (χ0) is 18.6. The van der Waals surface area contributed by atoms with Gasteiger partial charge in [0.1, 0.15) is 11.3 Å². The lowest BCUT2D eigenvalue weighted by Gasteiger charge is -2.08. The Hall–Kier alpha value is -2.64. The van der Waals surface area contributed by atoms with Crippen LogP contribution in [0.2, 0.25) is 10.0 Å². The Kier molecular flexibility index (Phi) is 5.95. The number of nitrogens with zero attached hydrogens (tertiary/aromatic N) is 1. The topological polar surface area (TPSA) is 95.7 Å². The fourth-order valence-corrected chi connectivity index (χ4v) is 2.29. The molecule has 0 unspecified atom stereocenters. The van der Waals surface area contributed by atoms with Crippen LogP contribution in [0, 0.1) is 10.1 Å². The van der Waals surface area contributed by atoms with E-state index >= 15 is 0 Å². The summed E-state index contributed by atoms with van der Waals surface area (Å²) in [5.74, 6) is -1.60. The molecule has 130 valence electrons. The number of hydrogen-bond donors (Lipinski definition) is 0. The molecule has 0 radical (unpaired) electrons. The predicted octanol–water partition coefficient (Wildman–Crippen LogP) is 4.30. The van der Waals surface area contributed by atoms with E-state index in [0.717, 1.165) is 6.07 Å². The predicted molar refractivity (Wildman–Crippen MR) is 90.5 cm³/mol. The number of esters is 2. The number of carbonyl (C=O) groups is 2. The van der Waals surface area contributed by atoms with Gasteiger partial charge in [-0.2, -0.15) is 0 Å². The van der Waals surface area contributed by atoms with Gasteiger partial charge in [-0.15, -0.1) is 0 Å². The summed E-state index contributed by atoms with van der Waals surface area (Å²) in [4.78, 5) is 34.1. The van der Waals surface area contributed by atoms with E-state index in [9.17, 15) is 19.7 Å². The number of halogens is 2. The maximum atomic E-state index is 12.2. The molecule has 0 spiro atoms. The maximum absolute atomic E-state index is 12.2. The first-order chi connectivity index (χ1) is 11.8. The molecule has 0 aromatic heterocycles. The van der Waals surface area contributed by atoms with E-state index in [1.165, 1.54) is 30.3 Å². The molecule has 7 nitrogen and oxygen atoms in total. The number of hydrogen-bond acceptors (Lipinski definition) is 6. The lowest BCUT2D eigenvalue weighted by molar-refractivity contribution is -0.385. The van der Waals surface area contributed by atoms with Crippen LogP contribution in [0.1, 0.15) is 27.6 Å². The van der Waals surface area contributed by atoms with Crippen LogP contribution < -0.4 is 4.74 Å². The SMILES string of the molecule is CCOC(=O)c1ccc(OC(=O)c2ccc(Cl)cc2[N+](=O)[O-])c(Cl)c1. The summed E-state index contributed by atoms with van der Waals surface area (Å²) in [5, 5.41) is 11.1. The van der Waals surface area contributed by atoms with Crippen molar-refractivity contribution in [2.24, 2.45) is 0 Å². The molecule has 0 bridgehead atoms. The van der Waals surface area contributed by atoms with Crippen LogP contribution in [0.4, 0.5) is 5.69 Å². The van der Waals surface area contributed by atoms with Crippen molar-refractivity contribution < 1.29 is 24.0 Å². The van der Waals surface area contributed by atoms with E-state index in [1.54, 1.807) is 6.92 Å². The van der Waals surface area contributed by atoms with Crippen LogP contribution in [-0.4, -0.2) is 23.5 Å². The summed E-state index contributed by atoms with van der Waals surface area (Å²) in [5.41, 5.74) is -0.583. The van der Waals surface area contributed by atoms with Crippen LogP contribution in [0.25, 0.3) is 0 Å². The monoisotopic (exact) mass is 383 g/mol. The van der Waals surface area contributed by atoms with Gasteiger partial charge in [0.25, 0.3) is 5.69 Å². The zero-order valence-electron chi connectivity index (χ0n) is 12.8. The Morgan fingerprint density at radius 3 is 2.44 bits per heavy atom. The number of carbonyl (C=O) groups excluding carboxylic acids is 2. The van der Waals surface area contributed by atoms with Gasteiger partial charge in [-0.1, -0.05) is 23.2 Å². The molecule has 2 rings (SSSR count). The number of benzene rings is 2. The third-order valence-electron chi connectivity index (χ3n) is 3.02. The highest BCUT2D eigenvalue weighted by atomic mass is 35.5. The van der Waals surface area contributed by atoms with Gasteiger partial charge < -0.3 is 9.47 Å². The maximum Gasteiger partial charge on any atom is 0.350 e. The zero-order valence-corrected chi connectivity index (χ0v) is 14.3. The quantitative estimate of drug-likeness (QED) is 0.330. The van der Waals surface area contributed by atoms with Gasteiger partial charge in [-0.25, -0.2) is 9.59 Å². The van der Waals surface area contributed by atoms with Crippen LogP contribution >= 0.6 is 23.2 Å². The second-order valence-electron chi connectivity index (χ2n) is 4.67. The smallest absolute Gasteiger partial charge is 0.350 e. The Labute approximate surface area is 152 Å². The summed E-state index contributed by atoms with van der Waals surface area (Å²) in [6.45, 7) is 1.86. The normalized spacial score (nSPS) is 10.2. The minimum Gasteiger partial charge on any atom is -0.462 e. The highest BCUT2D eigenvalue weighted by molar-refractivity contribution is 6.32. The van der Waals surface area contributed by atoms with Crippen molar-refractivity contribution >= 4 is 40.8 Å². The molecule has 0 saturated heterocycles. The molecule has 9 heteroatoms. The fraction of sp³-hybridized carbons (Fsp3) is 0.125. The minimum absolute atomic E-state index is 0.0180. The van der Waals surface area contributed by atoms with Crippen molar-refractivity contribution in [3.8, 4) is 5.75 Å². The van der Waals surface area contributed by atoms with Gasteiger partial charge in [0.15, 0.2) is 0 Å². The highest BCUT2D eigenvalue weighted by Crippen LogP contribution is 2.29. The van der Waals surface area contributed by atoms with E-state index in [2.05, 4.69) is 0 Å². The summed E-state index contributed by atoms with van der Waals surface area (Å²) in [7, 11) is 0. The molecule has 0 amide bonds. The van der Waals surface area contributed by atoms with E-state index < -0.39 is 22.5 Å². The molecular weight excluding hydrogens is 373 g/mol. The van der Waals surface area contributed by atoms with Gasteiger partial charge in [-0.05, 0) is 37.3 Å². The number of nitro benzene ring substituents is 1. The van der Waals surface area contributed by atoms with Crippen LogP contribution in [0.15, 0.2) is 36.4 Å². The first-order valence-electron chi connectivity index (χ1n) is 6.96. The van der Waals surface area contributed by atoms with Crippen molar-refractivity contribution in [1.29, 1.82) is 0 Å². The van der Waals surface area contributed by atoms with Gasteiger partial charge in [0, 0.05) is 11.1 Å². The highest BCUT2D eigenvalue weighted by Gasteiger charge is 2.23. The third-order valence-corrected chi connectivity index (χ3v) is 3.55. The lowest BCUT2D eigenvalue weighted by Crippen LogP contribution is -2.12. The molecule has 0 fully saturated rings. The third kappa shape index (κ3) is 4.46. The second kappa shape index (κ2) is 7.96. The Morgan fingerprint density at radius 1 is 1.12 bits per heavy atom. The van der Waals surface area contributed by atoms with Gasteiger partial charge in [-0.3, -0.25) is 10.1 Å². The van der Waals surface area contributed by atoms with Crippen molar-refractivity contribution in [2.75, 3.05) is 6.61 Å². The van der Waals surface area contributed by atoms with E-state index in [0.29, 0.717) is 0 Å². The molecule has 0 aliphatic rings. The molecule has 0 N–H and O–H groups in total. The average Bonchev–Trinajstić information content (AvgIpc) is 2.56. The van der Waals surface area contributed by atoms with Crippen molar-refractivity contribution in [3.63, 3.8) is 0 Å². The summed E-state index contributed by atoms with van der Waals surface area (Å²) in [6, 6.07) is 7.50. The molecule has 0 atom stereocenters. The van der Waals surface area contributed by atoms with Crippen LogP contribution in [0.5, 0.6) is 5.75 Å². The Morgan fingerprint density at radius 2 is 1.84 bits per heavy atom. The molecule has 0 aliphatic carbocycles. The average molecular weight is 384 g/mol.